The zero-order chi connectivity index (χ0) is 16.8. The quantitative estimate of drug-likeness (QED) is 0.889. The summed E-state index contributed by atoms with van der Waals surface area (Å²) >= 11 is 0. The van der Waals surface area contributed by atoms with Gasteiger partial charge >= 0.3 is 0 Å². The third-order valence-corrected chi connectivity index (χ3v) is 3.53. The van der Waals surface area contributed by atoms with Gasteiger partial charge in [-0.3, -0.25) is 9.59 Å². The molecule has 0 aromatic heterocycles. The molecular formula is C19H22N2O2. The minimum Gasteiger partial charge on any atom is -0.352 e. The summed E-state index contributed by atoms with van der Waals surface area (Å²) in [7, 11) is 0. The normalized spacial score (nSPS) is 10.2. The smallest absolute Gasteiger partial charge is 0.251 e. The molecule has 0 aliphatic heterocycles. The maximum absolute atomic E-state index is 12.1. The summed E-state index contributed by atoms with van der Waals surface area (Å²) in [5.41, 5.74) is 4.56. The molecule has 2 amide bonds. The Morgan fingerprint density at radius 3 is 2.26 bits per heavy atom. The van der Waals surface area contributed by atoms with E-state index in [2.05, 4.69) is 16.7 Å². The van der Waals surface area contributed by atoms with Gasteiger partial charge in [0.25, 0.3) is 5.91 Å². The molecule has 0 radical (unpaired) electrons. The molecule has 2 N–H and O–H groups in total. The summed E-state index contributed by atoms with van der Waals surface area (Å²) < 4.78 is 0. The van der Waals surface area contributed by atoms with Gasteiger partial charge in [-0.2, -0.15) is 0 Å². The largest absolute Gasteiger partial charge is 0.352 e. The molecule has 120 valence electrons. The molecule has 0 spiro atoms. The number of anilines is 1. The molecule has 0 saturated carbocycles. The monoisotopic (exact) mass is 310 g/mol. The van der Waals surface area contributed by atoms with E-state index < -0.39 is 0 Å². The molecule has 0 aliphatic carbocycles. The first-order valence-corrected chi connectivity index (χ1v) is 7.67. The maximum Gasteiger partial charge on any atom is 0.251 e. The number of carbonyl (C=O) groups excluding carboxylic acids is 2. The topological polar surface area (TPSA) is 58.2 Å². The van der Waals surface area contributed by atoms with Crippen LogP contribution in [0.15, 0.2) is 42.5 Å². The molecule has 0 bridgehead atoms. The Bertz CT molecular complexity index is 703. The lowest BCUT2D eigenvalue weighted by molar-refractivity contribution is -0.116. The Labute approximate surface area is 136 Å². The van der Waals surface area contributed by atoms with Crippen LogP contribution in [0.2, 0.25) is 0 Å². The fourth-order valence-electron chi connectivity index (χ4n) is 2.48. The van der Waals surface area contributed by atoms with Gasteiger partial charge in [-0.1, -0.05) is 24.3 Å². The van der Waals surface area contributed by atoms with Crippen LogP contribution >= 0.6 is 0 Å². The number of hydrogen-bond donors (Lipinski definition) is 2. The van der Waals surface area contributed by atoms with Gasteiger partial charge in [-0.15, -0.1) is 0 Å². The van der Waals surface area contributed by atoms with Crippen LogP contribution in [0.4, 0.5) is 5.69 Å². The van der Waals surface area contributed by atoms with Gasteiger partial charge in [0.05, 0.1) is 0 Å². The Hall–Kier alpha value is -2.62. The molecule has 0 unspecified atom stereocenters. The number of amides is 2. The van der Waals surface area contributed by atoms with Crippen LogP contribution in [0.1, 0.15) is 33.5 Å². The van der Waals surface area contributed by atoms with Gasteiger partial charge in [0.15, 0.2) is 0 Å². The highest BCUT2D eigenvalue weighted by molar-refractivity contribution is 5.96. The molecule has 4 heteroatoms. The first-order valence-electron chi connectivity index (χ1n) is 7.67. The Kier molecular flexibility index (Phi) is 5.52. The van der Waals surface area contributed by atoms with Crippen LogP contribution in [-0.2, 0) is 4.79 Å². The summed E-state index contributed by atoms with van der Waals surface area (Å²) in [5, 5.41) is 5.64. The van der Waals surface area contributed by atoms with Crippen LogP contribution in [-0.4, -0.2) is 18.4 Å². The van der Waals surface area contributed by atoms with Gasteiger partial charge in [0.1, 0.15) is 0 Å². The van der Waals surface area contributed by atoms with Crippen molar-refractivity contribution in [1.29, 1.82) is 0 Å². The highest BCUT2D eigenvalue weighted by atomic mass is 16.2. The Morgan fingerprint density at radius 2 is 1.61 bits per heavy atom. The Balaban J connectivity index is 1.83. The van der Waals surface area contributed by atoms with Crippen molar-refractivity contribution in [1.82, 2.24) is 5.32 Å². The number of rotatable bonds is 5. The minimum atomic E-state index is -0.151. The van der Waals surface area contributed by atoms with E-state index >= 15 is 0 Å². The van der Waals surface area contributed by atoms with Gasteiger partial charge in [-0.05, 0) is 55.7 Å². The van der Waals surface area contributed by atoms with E-state index in [9.17, 15) is 9.59 Å². The van der Waals surface area contributed by atoms with Crippen LogP contribution in [0.3, 0.4) is 0 Å². The predicted octanol–water partition coefficient (Wildman–Crippen LogP) is 3.37. The van der Waals surface area contributed by atoms with E-state index in [1.807, 2.05) is 51.1 Å². The van der Waals surface area contributed by atoms with Crippen LogP contribution in [0.25, 0.3) is 0 Å². The molecule has 2 rings (SSSR count). The number of aryl methyl sites for hydroxylation is 3. The molecule has 2 aromatic carbocycles. The molecule has 0 heterocycles. The first-order chi connectivity index (χ1) is 11.0. The van der Waals surface area contributed by atoms with Crippen molar-refractivity contribution in [2.24, 2.45) is 0 Å². The van der Waals surface area contributed by atoms with Crippen molar-refractivity contribution in [3.8, 4) is 0 Å². The number of benzene rings is 2. The molecule has 23 heavy (non-hydrogen) atoms. The summed E-state index contributed by atoms with van der Waals surface area (Å²) in [6.07, 6.45) is 0.241. The van der Waals surface area contributed by atoms with Crippen LogP contribution in [0.5, 0.6) is 0 Å². The molecule has 0 saturated heterocycles. The fourth-order valence-corrected chi connectivity index (χ4v) is 2.48. The van der Waals surface area contributed by atoms with Gasteiger partial charge in [0.2, 0.25) is 5.91 Å². The Morgan fingerprint density at radius 1 is 0.957 bits per heavy atom. The average Bonchev–Trinajstić information content (AvgIpc) is 2.46. The zero-order valence-electron chi connectivity index (χ0n) is 13.8. The third-order valence-electron chi connectivity index (χ3n) is 3.53. The van der Waals surface area contributed by atoms with E-state index in [0.29, 0.717) is 12.1 Å². The minimum absolute atomic E-state index is 0.111. The van der Waals surface area contributed by atoms with Gasteiger partial charge < -0.3 is 10.6 Å². The second-order valence-corrected chi connectivity index (χ2v) is 5.75. The second kappa shape index (κ2) is 7.58. The summed E-state index contributed by atoms with van der Waals surface area (Å²) in [5.74, 6) is -0.262. The standard InChI is InChI=1S/C19H22N2O2/c1-13-10-14(2)12-16(11-13)21-18(22)8-9-20-19(23)17-7-5-4-6-15(17)3/h4-7,10-12H,8-9H2,1-3H3,(H,20,23)(H,21,22). The van der Waals surface area contributed by atoms with E-state index in [1.165, 1.54) is 0 Å². The molecule has 2 aromatic rings. The number of nitrogens with one attached hydrogen (secondary N) is 2. The maximum atomic E-state index is 12.1. The second-order valence-electron chi connectivity index (χ2n) is 5.75. The van der Waals surface area contributed by atoms with Crippen molar-refractivity contribution in [3.63, 3.8) is 0 Å². The average molecular weight is 310 g/mol. The van der Waals surface area contributed by atoms with Crippen molar-refractivity contribution in [2.75, 3.05) is 11.9 Å². The summed E-state index contributed by atoms with van der Waals surface area (Å²) in [6, 6.07) is 13.3. The van der Waals surface area contributed by atoms with Crippen molar-refractivity contribution < 1.29 is 9.59 Å². The predicted molar refractivity (Wildman–Crippen MR) is 92.7 cm³/mol. The molecule has 0 aliphatic rings. The number of hydrogen-bond acceptors (Lipinski definition) is 2. The van der Waals surface area contributed by atoms with Crippen molar-refractivity contribution >= 4 is 17.5 Å². The zero-order valence-corrected chi connectivity index (χ0v) is 13.8. The lowest BCUT2D eigenvalue weighted by Crippen LogP contribution is -2.28. The van der Waals surface area contributed by atoms with Crippen LogP contribution in [0, 0.1) is 20.8 Å². The molecular weight excluding hydrogens is 288 g/mol. The van der Waals surface area contributed by atoms with Crippen molar-refractivity contribution in [2.45, 2.75) is 27.2 Å². The summed E-state index contributed by atoms with van der Waals surface area (Å²) in [6.45, 7) is 6.18. The van der Waals surface area contributed by atoms with E-state index in [1.54, 1.807) is 6.07 Å². The third kappa shape index (κ3) is 4.95. The lowest BCUT2D eigenvalue weighted by atomic mass is 10.1. The van der Waals surface area contributed by atoms with E-state index in [4.69, 9.17) is 0 Å². The fraction of sp³-hybridized carbons (Fsp3) is 0.263. The molecule has 0 fully saturated rings. The highest BCUT2D eigenvalue weighted by Gasteiger charge is 2.09. The van der Waals surface area contributed by atoms with E-state index in [-0.39, 0.29) is 18.2 Å². The van der Waals surface area contributed by atoms with Gasteiger partial charge in [0, 0.05) is 24.2 Å². The highest BCUT2D eigenvalue weighted by Crippen LogP contribution is 2.13. The first kappa shape index (κ1) is 16.7. The summed E-state index contributed by atoms with van der Waals surface area (Å²) in [4.78, 5) is 24.0. The van der Waals surface area contributed by atoms with Crippen LogP contribution < -0.4 is 10.6 Å². The van der Waals surface area contributed by atoms with Gasteiger partial charge in [-0.25, -0.2) is 0 Å². The molecule has 0 atom stereocenters. The molecule has 4 nitrogen and oxygen atoms in total. The number of carbonyl (C=O) groups is 2. The van der Waals surface area contributed by atoms with E-state index in [0.717, 1.165) is 22.4 Å². The van der Waals surface area contributed by atoms with Crippen molar-refractivity contribution in [3.05, 3.63) is 64.7 Å². The SMILES string of the molecule is Cc1cc(C)cc(NC(=O)CCNC(=O)c2ccccc2C)c1. The lowest BCUT2D eigenvalue weighted by Gasteiger charge is -2.09.